The number of benzene rings is 1. The van der Waals surface area contributed by atoms with E-state index in [1.807, 2.05) is 18.4 Å². The van der Waals surface area contributed by atoms with Crippen molar-refractivity contribution in [1.29, 1.82) is 0 Å². The highest BCUT2D eigenvalue weighted by atomic mass is 32.1. The van der Waals surface area contributed by atoms with Crippen molar-refractivity contribution >= 4 is 11.3 Å². The number of hydrogen-bond acceptors (Lipinski definition) is 2. The molecule has 2 rings (SSSR count). The van der Waals surface area contributed by atoms with Gasteiger partial charge in [0.2, 0.25) is 0 Å². The van der Waals surface area contributed by atoms with Gasteiger partial charge in [-0.15, -0.1) is 11.3 Å². The molecule has 0 radical (unpaired) electrons. The fourth-order valence-electron chi connectivity index (χ4n) is 1.92. The SMILES string of the molecule is CNCCc1csc(-c2cc(C)ccc2C)c1. The molecule has 0 aliphatic rings. The Labute approximate surface area is 108 Å². The first-order valence-corrected chi connectivity index (χ1v) is 6.88. The van der Waals surface area contributed by atoms with Gasteiger partial charge in [-0.1, -0.05) is 23.8 Å². The predicted molar refractivity (Wildman–Crippen MR) is 76.9 cm³/mol. The maximum absolute atomic E-state index is 3.19. The third-order valence-corrected chi connectivity index (χ3v) is 3.99. The standard InChI is InChI=1S/C15H19NS/c1-11-4-5-12(2)14(8-11)15-9-13(10-17-15)6-7-16-3/h4-5,8-10,16H,6-7H2,1-3H3. The van der Waals surface area contributed by atoms with Crippen molar-refractivity contribution in [3.63, 3.8) is 0 Å². The summed E-state index contributed by atoms with van der Waals surface area (Å²) in [5, 5.41) is 5.46. The van der Waals surface area contributed by atoms with Gasteiger partial charge in [-0.3, -0.25) is 0 Å². The summed E-state index contributed by atoms with van der Waals surface area (Å²) < 4.78 is 0. The monoisotopic (exact) mass is 245 g/mol. The fraction of sp³-hybridized carbons (Fsp3) is 0.333. The Bertz CT molecular complexity index is 499. The summed E-state index contributed by atoms with van der Waals surface area (Å²) in [7, 11) is 2.00. The van der Waals surface area contributed by atoms with Crippen LogP contribution in [0.5, 0.6) is 0 Å². The van der Waals surface area contributed by atoms with E-state index in [0.717, 1.165) is 13.0 Å². The summed E-state index contributed by atoms with van der Waals surface area (Å²) in [6.07, 6.45) is 1.11. The Kier molecular flexibility index (Phi) is 3.97. The largest absolute Gasteiger partial charge is 0.319 e. The van der Waals surface area contributed by atoms with E-state index in [0.29, 0.717) is 0 Å². The van der Waals surface area contributed by atoms with Crippen LogP contribution >= 0.6 is 11.3 Å². The van der Waals surface area contributed by atoms with E-state index in [-0.39, 0.29) is 0 Å². The number of thiophene rings is 1. The average molecular weight is 245 g/mol. The first-order valence-electron chi connectivity index (χ1n) is 6.00. The third kappa shape index (κ3) is 2.96. The van der Waals surface area contributed by atoms with Crippen LogP contribution in [0.15, 0.2) is 29.6 Å². The van der Waals surface area contributed by atoms with Crippen LogP contribution in [0, 0.1) is 13.8 Å². The lowest BCUT2D eigenvalue weighted by Crippen LogP contribution is -2.09. The van der Waals surface area contributed by atoms with Crippen LogP contribution in [-0.4, -0.2) is 13.6 Å². The van der Waals surface area contributed by atoms with Gasteiger partial charge in [-0.05, 0) is 62.0 Å². The summed E-state index contributed by atoms with van der Waals surface area (Å²) in [4.78, 5) is 1.39. The maximum atomic E-state index is 3.19. The van der Waals surface area contributed by atoms with Crippen LogP contribution in [-0.2, 0) is 6.42 Å². The summed E-state index contributed by atoms with van der Waals surface area (Å²) in [6, 6.07) is 8.98. The van der Waals surface area contributed by atoms with E-state index >= 15 is 0 Å². The van der Waals surface area contributed by atoms with Crippen molar-refractivity contribution < 1.29 is 0 Å². The van der Waals surface area contributed by atoms with Gasteiger partial charge in [0.25, 0.3) is 0 Å². The summed E-state index contributed by atoms with van der Waals surface area (Å²) >= 11 is 1.85. The average Bonchev–Trinajstić information content (AvgIpc) is 2.78. The number of rotatable bonds is 4. The lowest BCUT2D eigenvalue weighted by molar-refractivity contribution is 0.793. The Morgan fingerprint density at radius 2 is 2.00 bits per heavy atom. The molecule has 1 nitrogen and oxygen atoms in total. The van der Waals surface area contributed by atoms with Gasteiger partial charge in [0.1, 0.15) is 0 Å². The summed E-state index contributed by atoms with van der Waals surface area (Å²) in [5.74, 6) is 0. The normalized spacial score (nSPS) is 10.8. The minimum absolute atomic E-state index is 1.04. The Morgan fingerprint density at radius 3 is 2.76 bits per heavy atom. The van der Waals surface area contributed by atoms with Crippen LogP contribution in [0.4, 0.5) is 0 Å². The second kappa shape index (κ2) is 5.48. The van der Waals surface area contributed by atoms with Crippen LogP contribution < -0.4 is 5.32 Å². The van der Waals surface area contributed by atoms with Gasteiger partial charge in [-0.25, -0.2) is 0 Å². The van der Waals surface area contributed by atoms with Crippen LogP contribution in [0.25, 0.3) is 10.4 Å². The Balaban J connectivity index is 2.27. The van der Waals surface area contributed by atoms with E-state index < -0.39 is 0 Å². The first-order chi connectivity index (χ1) is 8.20. The van der Waals surface area contributed by atoms with Crippen LogP contribution in [0.1, 0.15) is 16.7 Å². The highest BCUT2D eigenvalue weighted by Crippen LogP contribution is 2.30. The smallest absolute Gasteiger partial charge is 0.0348 e. The molecule has 0 fully saturated rings. The molecule has 1 N–H and O–H groups in total. The minimum Gasteiger partial charge on any atom is -0.319 e. The molecule has 0 atom stereocenters. The zero-order chi connectivity index (χ0) is 12.3. The molecule has 1 aromatic carbocycles. The molecule has 0 unspecified atom stereocenters. The Hall–Kier alpha value is -1.12. The van der Waals surface area contributed by atoms with Gasteiger partial charge in [-0.2, -0.15) is 0 Å². The molecule has 2 aromatic rings. The molecular formula is C15H19NS. The zero-order valence-corrected chi connectivity index (χ0v) is 11.5. The van der Waals surface area contributed by atoms with Gasteiger partial charge < -0.3 is 5.32 Å². The lowest BCUT2D eigenvalue weighted by atomic mass is 10.0. The number of hydrogen-bond donors (Lipinski definition) is 1. The van der Waals surface area contributed by atoms with E-state index in [4.69, 9.17) is 0 Å². The molecule has 0 bridgehead atoms. The van der Waals surface area contributed by atoms with E-state index in [1.54, 1.807) is 0 Å². The second-order valence-electron chi connectivity index (χ2n) is 4.49. The molecule has 0 saturated carbocycles. The highest BCUT2D eigenvalue weighted by Gasteiger charge is 2.05. The van der Waals surface area contributed by atoms with Crippen LogP contribution in [0.3, 0.4) is 0 Å². The van der Waals surface area contributed by atoms with E-state index in [1.165, 1.54) is 27.1 Å². The van der Waals surface area contributed by atoms with Crippen LogP contribution in [0.2, 0.25) is 0 Å². The first kappa shape index (κ1) is 12.3. The molecule has 0 aliphatic heterocycles. The molecule has 1 heterocycles. The van der Waals surface area contributed by atoms with E-state index in [2.05, 4.69) is 48.8 Å². The minimum atomic E-state index is 1.04. The van der Waals surface area contributed by atoms with Gasteiger partial charge in [0, 0.05) is 4.88 Å². The zero-order valence-electron chi connectivity index (χ0n) is 10.7. The molecule has 0 aliphatic carbocycles. The molecular weight excluding hydrogens is 226 g/mol. The van der Waals surface area contributed by atoms with Crippen molar-refractivity contribution in [2.45, 2.75) is 20.3 Å². The molecule has 1 aromatic heterocycles. The molecule has 2 heteroatoms. The summed E-state index contributed by atoms with van der Waals surface area (Å²) in [5.41, 5.74) is 5.50. The van der Waals surface area contributed by atoms with Crippen molar-refractivity contribution in [1.82, 2.24) is 5.32 Å². The molecule has 90 valence electrons. The number of likely N-dealkylation sites (N-methyl/N-ethyl adjacent to an activating group) is 1. The second-order valence-corrected chi connectivity index (χ2v) is 5.40. The molecule has 0 amide bonds. The predicted octanol–water partition coefficient (Wildman–Crippen LogP) is 3.79. The van der Waals surface area contributed by atoms with Crippen molar-refractivity contribution in [2.24, 2.45) is 0 Å². The number of aryl methyl sites for hydroxylation is 2. The molecule has 17 heavy (non-hydrogen) atoms. The maximum Gasteiger partial charge on any atom is 0.0348 e. The van der Waals surface area contributed by atoms with E-state index in [9.17, 15) is 0 Å². The quantitative estimate of drug-likeness (QED) is 0.864. The van der Waals surface area contributed by atoms with Gasteiger partial charge >= 0.3 is 0 Å². The molecule has 0 spiro atoms. The topological polar surface area (TPSA) is 12.0 Å². The van der Waals surface area contributed by atoms with Gasteiger partial charge in [0.05, 0.1) is 0 Å². The third-order valence-electron chi connectivity index (χ3n) is 2.98. The lowest BCUT2D eigenvalue weighted by Gasteiger charge is -2.04. The number of nitrogens with one attached hydrogen (secondary N) is 1. The van der Waals surface area contributed by atoms with Gasteiger partial charge in [0.15, 0.2) is 0 Å². The Morgan fingerprint density at radius 1 is 1.18 bits per heavy atom. The fourth-order valence-corrected chi connectivity index (χ4v) is 2.95. The van der Waals surface area contributed by atoms with Crippen molar-refractivity contribution in [2.75, 3.05) is 13.6 Å². The van der Waals surface area contributed by atoms with Crippen molar-refractivity contribution in [3.05, 3.63) is 46.3 Å². The highest BCUT2D eigenvalue weighted by molar-refractivity contribution is 7.13. The molecule has 0 saturated heterocycles. The summed E-state index contributed by atoms with van der Waals surface area (Å²) in [6.45, 7) is 5.38. The van der Waals surface area contributed by atoms with Crippen molar-refractivity contribution in [3.8, 4) is 10.4 Å².